The molecule has 0 aliphatic carbocycles. The molecule has 6 nitrogen and oxygen atoms in total. The Bertz CT molecular complexity index is 699. The van der Waals surface area contributed by atoms with Crippen molar-refractivity contribution >= 4 is 35.8 Å². The number of carbonyl (C=O) groups is 1. The molecular weight excluding hydrogens is 441 g/mol. The fraction of sp³-hybridized carbons (Fsp3) is 0.368. The second-order valence-electron chi connectivity index (χ2n) is 5.95. The average Bonchev–Trinajstić information content (AvgIpc) is 3.01. The third-order valence-electron chi connectivity index (χ3n) is 4.01. The molecule has 1 aromatic heterocycles. The first kappa shape index (κ1) is 22.0. The summed E-state index contributed by atoms with van der Waals surface area (Å²) in [6, 6.07) is 14.2. The molecular formula is C19H28IN5O. The van der Waals surface area contributed by atoms with Gasteiger partial charge in [-0.15, -0.1) is 24.0 Å². The SMILES string of the molecule is CN=C(NCC(=O)NCCc1ccccc1)N(C)Cc1cccn1C.I. The number of aliphatic imine (C=N–C) groups is 1. The van der Waals surface area contributed by atoms with Gasteiger partial charge in [0.2, 0.25) is 5.91 Å². The summed E-state index contributed by atoms with van der Waals surface area (Å²) in [7, 11) is 5.69. The predicted octanol–water partition coefficient (Wildman–Crippen LogP) is 2.01. The van der Waals surface area contributed by atoms with E-state index in [9.17, 15) is 4.79 Å². The second kappa shape index (κ2) is 11.6. The molecule has 0 saturated heterocycles. The molecule has 7 heteroatoms. The monoisotopic (exact) mass is 469 g/mol. The third kappa shape index (κ3) is 7.07. The Kier molecular flexibility index (Phi) is 9.79. The number of hydrogen-bond acceptors (Lipinski definition) is 2. The van der Waals surface area contributed by atoms with Crippen LogP contribution in [0.4, 0.5) is 0 Å². The maximum atomic E-state index is 12.0. The van der Waals surface area contributed by atoms with Crippen molar-refractivity contribution in [2.75, 3.05) is 27.2 Å². The average molecular weight is 469 g/mol. The van der Waals surface area contributed by atoms with Crippen molar-refractivity contribution in [3.8, 4) is 0 Å². The van der Waals surface area contributed by atoms with Gasteiger partial charge in [-0.2, -0.15) is 0 Å². The van der Waals surface area contributed by atoms with Crippen molar-refractivity contribution in [3.63, 3.8) is 0 Å². The zero-order valence-corrected chi connectivity index (χ0v) is 17.9. The predicted molar refractivity (Wildman–Crippen MR) is 117 cm³/mol. The summed E-state index contributed by atoms with van der Waals surface area (Å²) in [5.41, 5.74) is 2.40. The standard InChI is InChI=1S/C19H27N5O.HI/c1-20-19(24(3)15-17-10-7-13-23(17)2)22-14-18(25)21-12-11-16-8-5-4-6-9-16;/h4-10,13H,11-12,14-15H2,1-3H3,(H,20,22)(H,21,25);1H. The van der Waals surface area contributed by atoms with Gasteiger partial charge in [0.05, 0.1) is 13.1 Å². The lowest BCUT2D eigenvalue weighted by molar-refractivity contribution is -0.120. The first-order valence-electron chi connectivity index (χ1n) is 8.42. The van der Waals surface area contributed by atoms with Crippen LogP contribution in [0.1, 0.15) is 11.3 Å². The van der Waals surface area contributed by atoms with E-state index >= 15 is 0 Å². The van der Waals surface area contributed by atoms with Gasteiger partial charge in [0.25, 0.3) is 0 Å². The zero-order chi connectivity index (χ0) is 18.1. The van der Waals surface area contributed by atoms with E-state index in [0.29, 0.717) is 12.5 Å². The largest absolute Gasteiger partial charge is 0.354 e. The topological polar surface area (TPSA) is 61.7 Å². The minimum atomic E-state index is -0.0376. The van der Waals surface area contributed by atoms with E-state index in [1.807, 2.05) is 49.5 Å². The molecule has 26 heavy (non-hydrogen) atoms. The Hall–Kier alpha value is -2.03. The van der Waals surface area contributed by atoms with Crippen LogP contribution < -0.4 is 10.6 Å². The number of benzene rings is 1. The van der Waals surface area contributed by atoms with Crippen LogP contribution in [0.15, 0.2) is 53.7 Å². The Morgan fingerprint density at radius 2 is 1.88 bits per heavy atom. The molecule has 0 aliphatic rings. The zero-order valence-electron chi connectivity index (χ0n) is 15.6. The summed E-state index contributed by atoms with van der Waals surface area (Å²) in [5, 5.41) is 6.03. The lowest BCUT2D eigenvalue weighted by atomic mass is 10.1. The van der Waals surface area contributed by atoms with E-state index < -0.39 is 0 Å². The summed E-state index contributed by atoms with van der Waals surface area (Å²) in [6.45, 7) is 1.56. The highest BCUT2D eigenvalue weighted by Gasteiger charge is 2.09. The molecule has 0 aliphatic heterocycles. The molecule has 142 valence electrons. The second-order valence-corrected chi connectivity index (χ2v) is 5.95. The number of aromatic nitrogens is 1. The van der Waals surface area contributed by atoms with E-state index in [4.69, 9.17) is 0 Å². The summed E-state index contributed by atoms with van der Waals surface area (Å²) < 4.78 is 2.07. The number of halogens is 1. The van der Waals surface area contributed by atoms with Crippen molar-refractivity contribution < 1.29 is 4.79 Å². The highest BCUT2D eigenvalue weighted by Crippen LogP contribution is 2.03. The quantitative estimate of drug-likeness (QED) is 0.371. The third-order valence-corrected chi connectivity index (χ3v) is 4.01. The molecule has 1 heterocycles. The Morgan fingerprint density at radius 1 is 1.15 bits per heavy atom. The van der Waals surface area contributed by atoms with Gasteiger partial charge in [-0.05, 0) is 24.1 Å². The number of nitrogens with zero attached hydrogens (tertiary/aromatic N) is 3. The Balaban J connectivity index is 0.00000338. The van der Waals surface area contributed by atoms with E-state index in [1.54, 1.807) is 7.05 Å². The van der Waals surface area contributed by atoms with Gasteiger partial charge in [0.15, 0.2) is 5.96 Å². The normalized spacial score (nSPS) is 10.8. The summed E-state index contributed by atoms with van der Waals surface area (Å²) >= 11 is 0. The van der Waals surface area contributed by atoms with Crippen LogP contribution in [0.3, 0.4) is 0 Å². The maximum Gasteiger partial charge on any atom is 0.239 e. The lowest BCUT2D eigenvalue weighted by Gasteiger charge is -2.22. The van der Waals surface area contributed by atoms with Crippen LogP contribution in [0.2, 0.25) is 0 Å². The molecule has 2 aromatic rings. The molecule has 0 fully saturated rings. The molecule has 0 unspecified atom stereocenters. The number of rotatable bonds is 7. The fourth-order valence-corrected chi connectivity index (χ4v) is 2.58. The van der Waals surface area contributed by atoms with Gasteiger partial charge in [0, 0.05) is 39.6 Å². The van der Waals surface area contributed by atoms with E-state index in [0.717, 1.165) is 13.0 Å². The van der Waals surface area contributed by atoms with E-state index in [2.05, 4.69) is 38.4 Å². The molecule has 0 bridgehead atoms. The highest BCUT2D eigenvalue weighted by atomic mass is 127. The first-order chi connectivity index (χ1) is 12.1. The Labute approximate surface area is 172 Å². The molecule has 2 N–H and O–H groups in total. The lowest BCUT2D eigenvalue weighted by Crippen LogP contribution is -2.44. The molecule has 0 radical (unpaired) electrons. The maximum absolute atomic E-state index is 12.0. The van der Waals surface area contributed by atoms with Crippen LogP contribution in [0.5, 0.6) is 0 Å². The van der Waals surface area contributed by atoms with Gasteiger partial charge in [-0.25, -0.2) is 0 Å². The minimum Gasteiger partial charge on any atom is -0.354 e. The van der Waals surface area contributed by atoms with E-state index in [-0.39, 0.29) is 36.4 Å². The van der Waals surface area contributed by atoms with Crippen LogP contribution in [0, 0.1) is 0 Å². The number of amides is 1. The van der Waals surface area contributed by atoms with E-state index in [1.165, 1.54) is 11.3 Å². The van der Waals surface area contributed by atoms with Crippen molar-refractivity contribution in [1.82, 2.24) is 20.1 Å². The highest BCUT2D eigenvalue weighted by molar-refractivity contribution is 14.0. The molecule has 1 aromatic carbocycles. The van der Waals surface area contributed by atoms with Crippen molar-refractivity contribution in [1.29, 1.82) is 0 Å². The van der Waals surface area contributed by atoms with Gasteiger partial charge in [-0.3, -0.25) is 9.79 Å². The van der Waals surface area contributed by atoms with Crippen molar-refractivity contribution in [2.45, 2.75) is 13.0 Å². The molecule has 0 saturated carbocycles. The van der Waals surface area contributed by atoms with Gasteiger partial charge >= 0.3 is 0 Å². The van der Waals surface area contributed by atoms with Gasteiger partial charge in [-0.1, -0.05) is 30.3 Å². The molecule has 1 amide bonds. The molecule has 0 atom stereocenters. The van der Waals surface area contributed by atoms with Crippen LogP contribution in [-0.4, -0.2) is 48.5 Å². The number of aryl methyl sites for hydroxylation is 1. The smallest absolute Gasteiger partial charge is 0.239 e. The summed E-state index contributed by atoms with van der Waals surface area (Å²) in [6.07, 6.45) is 2.84. The van der Waals surface area contributed by atoms with Crippen molar-refractivity contribution in [2.24, 2.45) is 12.0 Å². The fourth-order valence-electron chi connectivity index (χ4n) is 2.58. The molecule has 0 spiro atoms. The van der Waals surface area contributed by atoms with Gasteiger partial charge < -0.3 is 20.1 Å². The molecule has 2 rings (SSSR count). The van der Waals surface area contributed by atoms with Crippen molar-refractivity contribution in [3.05, 3.63) is 59.9 Å². The number of guanidine groups is 1. The van der Waals surface area contributed by atoms with Gasteiger partial charge in [0.1, 0.15) is 0 Å². The number of carbonyl (C=O) groups excluding carboxylic acids is 1. The summed E-state index contributed by atoms with van der Waals surface area (Å²) in [4.78, 5) is 18.2. The number of nitrogens with one attached hydrogen (secondary N) is 2. The van der Waals surface area contributed by atoms with Crippen LogP contribution >= 0.6 is 24.0 Å². The number of hydrogen-bond donors (Lipinski definition) is 2. The summed E-state index contributed by atoms with van der Waals surface area (Å²) in [5.74, 6) is 0.656. The minimum absolute atomic E-state index is 0. The van der Waals surface area contributed by atoms with Crippen LogP contribution in [0.25, 0.3) is 0 Å². The first-order valence-corrected chi connectivity index (χ1v) is 8.42. The van der Waals surface area contributed by atoms with Crippen LogP contribution in [-0.2, 0) is 24.8 Å². The Morgan fingerprint density at radius 3 is 2.50 bits per heavy atom.